The first-order valence-corrected chi connectivity index (χ1v) is 7.87. The van der Waals surface area contributed by atoms with Gasteiger partial charge in [-0.1, -0.05) is 0 Å². The summed E-state index contributed by atoms with van der Waals surface area (Å²) in [6.07, 6.45) is 4.88. The molecule has 124 valence electrons. The number of halogens is 2. The molecule has 4 nitrogen and oxygen atoms in total. The molecule has 0 radical (unpaired) electrons. The smallest absolute Gasteiger partial charge is 0.129 e. The molecule has 3 rings (SSSR count). The van der Waals surface area contributed by atoms with Crippen molar-refractivity contribution in [3.63, 3.8) is 0 Å². The van der Waals surface area contributed by atoms with Gasteiger partial charge in [-0.15, -0.1) is 0 Å². The van der Waals surface area contributed by atoms with Crippen LogP contribution < -0.4 is 0 Å². The monoisotopic (exact) mass is 321 g/mol. The number of aromatic nitrogens is 2. The Hall–Kier alpha value is -1.79. The number of β-amino-alcohol motifs (C(OH)–C–C–N with tert-alkyl or cyclic N) is 1. The molecule has 2 heterocycles. The molecule has 1 saturated heterocycles. The average Bonchev–Trinajstić information content (AvgIpc) is 2.97. The fourth-order valence-electron chi connectivity index (χ4n) is 3.21. The molecule has 1 aliphatic rings. The zero-order chi connectivity index (χ0) is 16.4. The normalized spacial score (nSPS) is 18.3. The first-order chi connectivity index (χ1) is 11.0. The highest BCUT2D eigenvalue weighted by Crippen LogP contribution is 2.29. The molecule has 0 unspecified atom stereocenters. The third-order valence-electron chi connectivity index (χ3n) is 4.53. The lowest BCUT2D eigenvalue weighted by Crippen LogP contribution is -2.36. The van der Waals surface area contributed by atoms with Crippen LogP contribution in [0.5, 0.6) is 0 Å². The third kappa shape index (κ3) is 3.76. The molecule has 2 aromatic rings. The van der Waals surface area contributed by atoms with E-state index in [1.165, 1.54) is 5.56 Å². The lowest BCUT2D eigenvalue weighted by Gasteiger charge is -2.32. The van der Waals surface area contributed by atoms with E-state index in [2.05, 4.69) is 10.00 Å². The summed E-state index contributed by atoms with van der Waals surface area (Å²) < 4.78 is 28.7. The van der Waals surface area contributed by atoms with Gasteiger partial charge in [0.15, 0.2) is 0 Å². The van der Waals surface area contributed by atoms with Gasteiger partial charge in [0.2, 0.25) is 0 Å². The number of likely N-dealkylation sites (tertiary alicyclic amines) is 1. The number of benzene rings is 1. The maximum Gasteiger partial charge on any atom is 0.129 e. The Morgan fingerprint density at radius 3 is 2.70 bits per heavy atom. The van der Waals surface area contributed by atoms with E-state index in [1.807, 2.05) is 19.4 Å². The summed E-state index contributed by atoms with van der Waals surface area (Å²) in [7, 11) is 1.91. The van der Waals surface area contributed by atoms with Crippen molar-refractivity contribution < 1.29 is 13.9 Å². The summed E-state index contributed by atoms with van der Waals surface area (Å²) in [5.41, 5.74) is 1.27. The van der Waals surface area contributed by atoms with E-state index in [-0.39, 0.29) is 5.56 Å². The van der Waals surface area contributed by atoms with Gasteiger partial charge in [-0.25, -0.2) is 8.78 Å². The lowest BCUT2D eigenvalue weighted by atomic mass is 9.91. The van der Waals surface area contributed by atoms with Crippen LogP contribution >= 0.6 is 0 Å². The first kappa shape index (κ1) is 16.1. The number of nitrogens with zero attached hydrogens (tertiary/aromatic N) is 3. The Morgan fingerprint density at radius 1 is 1.30 bits per heavy atom. The Labute approximate surface area is 134 Å². The van der Waals surface area contributed by atoms with Crippen LogP contribution in [0.2, 0.25) is 0 Å². The van der Waals surface area contributed by atoms with Crippen LogP contribution in [0, 0.1) is 11.6 Å². The van der Waals surface area contributed by atoms with Crippen LogP contribution in [0.4, 0.5) is 8.78 Å². The molecule has 23 heavy (non-hydrogen) atoms. The molecule has 1 atom stereocenters. The van der Waals surface area contributed by atoms with Crippen LogP contribution in [-0.2, 0) is 7.05 Å². The predicted molar refractivity (Wildman–Crippen MR) is 82.9 cm³/mol. The van der Waals surface area contributed by atoms with Crippen LogP contribution in [0.3, 0.4) is 0 Å². The van der Waals surface area contributed by atoms with Gasteiger partial charge in [0, 0.05) is 25.4 Å². The number of aliphatic hydroxyl groups excluding tert-OH is 1. The van der Waals surface area contributed by atoms with E-state index in [0.29, 0.717) is 12.5 Å². The maximum atomic E-state index is 13.7. The summed E-state index contributed by atoms with van der Waals surface area (Å²) in [6.45, 7) is 1.97. The minimum absolute atomic E-state index is 0.0272. The van der Waals surface area contributed by atoms with Gasteiger partial charge in [0.25, 0.3) is 0 Å². The van der Waals surface area contributed by atoms with Crippen molar-refractivity contribution in [3.8, 4) is 0 Å². The summed E-state index contributed by atoms with van der Waals surface area (Å²) in [5, 5.41) is 14.4. The number of piperidine rings is 1. The minimum Gasteiger partial charge on any atom is -0.387 e. The van der Waals surface area contributed by atoms with Crippen molar-refractivity contribution >= 4 is 0 Å². The van der Waals surface area contributed by atoms with Gasteiger partial charge in [-0.3, -0.25) is 4.68 Å². The molecule has 1 aromatic heterocycles. The van der Waals surface area contributed by atoms with Gasteiger partial charge in [0.1, 0.15) is 11.6 Å². The molecule has 0 amide bonds. The summed E-state index contributed by atoms with van der Waals surface area (Å²) in [4.78, 5) is 2.10. The molecule has 1 fully saturated rings. The van der Waals surface area contributed by atoms with Crippen LogP contribution in [0.1, 0.15) is 36.0 Å². The fourth-order valence-corrected chi connectivity index (χ4v) is 3.21. The summed E-state index contributed by atoms with van der Waals surface area (Å²) in [5.74, 6) is -0.622. The number of hydrogen-bond acceptors (Lipinski definition) is 3. The van der Waals surface area contributed by atoms with Crippen molar-refractivity contribution in [3.05, 3.63) is 53.4 Å². The molecule has 1 N–H and O–H groups in total. The third-order valence-corrected chi connectivity index (χ3v) is 4.53. The van der Waals surface area contributed by atoms with E-state index in [4.69, 9.17) is 0 Å². The predicted octanol–water partition coefficient (Wildman–Crippen LogP) is 2.61. The highest BCUT2D eigenvalue weighted by atomic mass is 19.1. The first-order valence-electron chi connectivity index (χ1n) is 7.87. The zero-order valence-electron chi connectivity index (χ0n) is 13.1. The second kappa shape index (κ2) is 6.76. The molecule has 1 aliphatic heterocycles. The van der Waals surface area contributed by atoms with E-state index in [1.54, 1.807) is 4.68 Å². The van der Waals surface area contributed by atoms with E-state index in [0.717, 1.165) is 44.1 Å². The number of hydrogen-bond donors (Lipinski definition) is 1. The zero-order valence-corrected chi connectivity index (χ0v) is 13.1. The molecule has 1 aromatic carbocycles. The van der Waals surface area contributed by atoms with Crippen molar-refractivity contribution in [1.29, 1.82) is 0 Å². The minimum atomic E-state index is -1.01. The standard InChI is InChI=1S/C17H21F2N3O/c1-21-10-13(9-20-21)12-4-6-22(7-5-12)11-17(23)15-8-14(18)2-3-16(15)19/h2-3,8-10,12,17,23H,4-7,11H2,1H3/t17-/m0/s1. The average molecular weight is 321 g/mol. The number of aryl methyl sites for hydroxylation is 1. The molecule has 0 spiro atoms. The topological polar surface area (TPSA) is 41.3 Å². The van der Waals surface area contributed by atoms with E-state index in [9.17, 15) is 13.9 Å². The summed E-state index contributed by atoms with van der Waals surface area (Å²) in [6, 6.07) is 3.19. The van der Waals surface area contributed by atoms with Crippen molar-refractivity contribution in [2.45, 2.75) is 24.9 Å². The molecule has 0 saturated carbocycles. The largest absolute Gasteiger partial charge is 0.387 e. The number of rotatable bonds is 4. The molecule has 6 heteroatoms. The van der Waals surface area contributed by atoms with Gasteiger partial charge in [-0.05, 0) is 55.6 Å². The van der Waals surface area contributed by atoms with Crippen molar-refractivity contribution in [2.24, 2.45) is 7.05 Å². The van der Waals surface area contributed by atoms with Crippen molar-refractivity contribution in [1.82, 2.24) is 14.7 Å². The van der Waals surface area contributed by atoms with Gasteiger partial charge < -0.3 is 10.0 Å². The lowest BCUT2D eigenvalue weighted by molar-refractivity contribution is 0.0945. The highest BCUT2D eigenvalue weighted by molar-refractivity contribution is 5.21. The molecular weight excluding hydrogens is 300 g/mol. The van der Waals surface area contributed by atoms with Gasteiger partial charge >= 0.3 is 0 Å². The van der Waals surface area contributed by atoms with Crippen LogP contribution in [0.25, 0.3) is 0 Å². The Balaban J connectivity index is 1.57. The Kier molecular flexibility index (Phi) is 4.73. The van der Waals surface area contributed by atoms with E-state index >= 15 is 0 Å². The molecular formula is C17H21F2N3O. The Morgan fingerprint density at radius 2 is 2.04 bits per heavy atom. The second-order valence-electron chi connectivity index (χ2n) is 6.20. The highest BCUT2D eigenvalue weighted by Gasteiger charge is 2.24. The second-order valence-corrected chi connectivity index (χ2v) is 6.20. The quantitative estimate of drug-likeness (QED) is 0.941. The fraction of sp³-hybridized carbons (Fsp3) is 0.471. The SMILES string of the molecule is Cn1cc(C2CCN(C[C@H](O)c3cc(F)ccc3F)CC2)cn1. The Bertz CT molecular complexity index is 666. The van der Waals surface area contributed by atoms with Crippen LogP contribution in [0.15, 0.2) is 30.6 Å². The molecule has 0 bridgehead atoms. The number of aliphatic hydroxyl groups is 1. The van der Waals surface area contributed by atoms with E-state index < -0.39 is 17.7 Å². The van der Waals surface area contributed by atoms with Gasteiger partial charge in [-0.2, -0.15) is 5.10 Å². The van der Waals surface area contributed by atoms with Crippen molar-refractivity contribution in [2.75, 3.05) is 19.6 Å². The van der Waals surface area contributed by atoms with Crippen LogP contribution in [-0.4, -0.2) is 39.4 Å². The summed E-state index contributed by atoms with van der Waals surface area (Å²) >= 11 is 0. The maximum absolute atomic E-state index is 13.7. The molecule has 0 aliphatic carbocycles. The van der Waals surface area contributed by atoms with Gasteiger partial charge in [0.05, 0.1) is 12.3 Å².